The summed E-state index contributed by atoms with van der Waals surface area (Å²) in [6, 6.07) is -0.691. The van der Waals surface area contributed by atoms with Crippen LogP contribution in [0.15, 0.2) is 0 Å². The SMILES string of the molecule is CCCCCCCCCCCCCCCCCCC(O)C(CO)NC(=O)CC(CCCCCCCCCCC)OC(=O)CCCCCCCCCCCCCC. The molecular weight excluding hydrogens is 695 g/mol. The lowest BCUT2D eigenvalue weighted by Crippen LogP contribution is -2.46. The molecule has 0 bridgehead atoms. The predicted molar refractivity (Wildman–Crippen MR) is 241 cm³/mol. The number of ether oxygens (including phenoxy) is 1. The first-order valence-electron chi connectivity index (χ1n) is 25.3. The molecule has 0 rings (SSSR count). The molecular formula is C50H99NO5. The van der Waals surface area contributed by atoms with Gasteiger partial charge in [0.25, 0.3) is 0 Å². The highest BCUT2D eigenvalue weighted by Crippen LogP contribution is 2.18. The number of unbranched alkanes of at least 4 members (excludes halogenated alkanes) is 34. The summed E-state index contributed by atoms with van der Waals surface area (Å²) in [5.74, 6) is -0.456. The number of carbonyl (C=O) groups excluding carboxylic acids is 2. The van der Waals surface area contributed by atoms with Crippen molar-refractivity contribution < 1.29 is 24.5 Å². The molecule has 0 saturated heterocycles. The first-order chi connectivity index (χ1) is 27.5. The van der Waals surface area contributed by atoms with Gasteiger partial charge in [0.2, 0.25) is 5.91 Å². The Morgan fingerprint density at radius 2 is 0.750 bits per heavy atom. The summed E-state index contributed by atoms with van der Waals surface area (Å²) in [6.45, 7) is 6.49. The van der Waals surface area contributed by atoms with Gasteiger partial charge in [0.15, 0.2) is 0 Å². The second-order valence-corrected chi connectivity index (χ2v) is 17.6. The molecule has 1 amide bonds. The van der Waals surface area contributed by atoms with Gasteiger partial charge in [-0.05, 0) is 25.7 Å². The van der Waals surface area contributed by atoms with Crippen molar-refractivity contribution in [3.8, 4) is 0 Å². The smallest absolute Gasteiger partial charge is 0.306 e. The molecule has 0 radical (unpaired) electrons. The molecule has 6 heteroatoms. The zero-order chi connectivity index (χ0) is 41.0. The molecule has 0 saturated carbocycles. The van der Waals surface area contributed by atoms with Crippen LogP contribution in [0.25, 0.3) is 0 Å². The third-order valence-electron chi connectivity index (χ3n) is 11.9. The molecule has 0 aromatic heterocycles. The first-order valence-corrected chi connectivity index (χ1v) is 25.3. The van der Waals surface area contributed by atoms with Gasteiger partial charge in [0.1, 0.15) is 6.10 Å². The van der Waals surface area contributed by atoms with E-state index in [4.69, 9.17) is 4.74 Å². The van der Waals surface area contributed by atoms with Crippen LogP contribution in [-0.2, 0) is 14.3 Å². The Morgan fingerprint density at radius 3 is 1.09 bits per heavy atom. The number of aliphatic hydroxyl groups is 2. The number of aliphatic hydroxyl groups excluding tert-OH is 2. The fourth-order valence-corrected chi connectivity index (χ4v) is 8.08. The maximum absolute atomic E-state index is 13.1. The molecule has 6 nitrogen and oxygen atoms in total. The van der Waals surface area contributed by atoms with Gasteiger partial charge in [0, 0.05) is 6.42 Å². The average molecular weight is 794 g/mol. The number of rotatable bonds is 46. The molecule has 0 aromatic rings. The molecule has 3 atom stereocenters. The van der Waals surface area contributed by atoms with Crippen molar-refractivity contribution in [3.05, 3.63) is 0 Å². The normalized spacial score (nSPS) is 13.2. The van der Waals surface area contributed by atoms with Crippen LogP contribution < -0.4 is 5.32 Å². The molecule has 0 spiro atoms. The first kappa shape index (κ1) is 54.9. The van der Waals surface area contributed by atoms with E-state index in [9.17, 15) is 19.8 Å². The highest BCUT2D eigenvalue weighted by atomic mass is 16.5. The van der Waals surface area contributed by atoms with Crippen LogP contribution in [-0.4, -0.2) is 46.9 Å². The second-order valence-electron chi connectivity index (χ2n) is 17.6. The van der Waals surface area contributed by atoms with Crippen molar-refractivity contribution in [1.29, 1.82) is 0 Å². The number of hydrogen-bond donors (Lipinski definition) is 3. The van der Waals surface area contributed by atoms with E-state index in [1.165, 1.54) is 193 Å². The van der Waals surface area contributed by atoms with Crippen LogP contribution in [0.3, 0.4) is 0 Å². The number of hydrogen-bond acceptors (Lipinski definition) is 5. The number of amides is 1. The lowest BCUT2D eigenvalue weighted by atomic mass is 10.0. The minimum atomic E-state index is -0.778. The second kappa shape index (κ2) is 45.0. The fourth-order valence-electron chi connectivity index (χ4n) is 8.08. The van der Waals surface area contributed by atoms with E-state index >= 15 is 0 Å². The van der Waals surface area contributed by atoms with Gasteiger partial charge in [-0.15, -0.1) is 0 Å². The average Bonchev–Trinajstić information content (AvgIpc) is 3.19. The van der Waals surface area contributed by atoms with Crippen molar-refractivity contribution in [3.63, 3.8) is 0 Å². The minimum Gasteiger partial charge on any atom is -0.462 e. The summed E-state index contributed by atoms with van der Waals surface area (Å²) in [6.07, 6.45) is 47.4. The molecule has 0 aliphatic carbocycles. The van der Waals surface area contributed by atoms with Crippen molar-refractivity contribution in [2.24, 2.45) is 0 Å². The van der Waals surface area contributed by atoms with E-state index in [0.717, 1.165) is 44.9 Å². The maximum Gasteiger partial charge on any atom is 0.306 e. The molecule has 0 aromatic carbocycles. The van der Waals surface area contributed by atoms with E-state index in [0.29, 0.717) is 19.3 Å². The lowest BCUT2D eigenvalue weighted by Gasteiger charge is -2.24. The Balaban J connectivity index is 4.39. The Bertz CT molecular complexity index is 806. The Kier molecular flexibility index (Phi) is 44.0. The summed E-state index contributed by atoms with van der Waals surface area (Å²) in [5, 5.41) is 23.7. The third kappa shape index (κ3) is 39.7. The van der Waals surface area contributed by atoms with Gasteiger partial charge in [-0.2, -0.15) is 0 Å². The zero-order valence-corrected chi connectivity index (χ0v) is 38.0. The van der Waals surface area contributed by atoms with E-state index in [1.807, 2.05) is 0 Å². The van der Waals surface area contributed by atoms with Gasteiger partial charge in [-0.1, -0.05) is 245 Å². The van der Waals surface area contributed by atoms with Crippen molar-refractivity contribution in [2.45, 2.75) is 302 Å². The summed E-state index contributed by atoms with van der Waals surface area (Å²) in [5.41, 5.74) is 0. The molecule has 0 heterocycles. The Morgan fingerprint density at radius 1 is 0.446 bits per heavy atom. The van der Waals surface area contributed by atoms with Crippen molar-refractivity contribution in [2.75, 3.05) is 6.61 Å². The van der Waals surface area contributed by atoms with E-state index in [1.54, 1.807) is 0 Å². The van der Waals surface area contributed by atoms with Gasteiger partial charge in [0.05, 0.1) is 25.2 Å². The minimum absolute atomic E-state index is 0.0868. The fraction of sp³-hybridized carbons (Fsp3) is 0.960. The van der Waals surface area contributed by atoms with Crippen LogP contribution in [0, 0.1) is 0 Å². The molecule has 0 fully saturated rings. The van der Waals surface area contributed by atoms with E-state index in [-0.39, 0.29) is 24.9 Å². The third-order valence-corrected chi connectivity index (χ3v) is 11.9. The molecule has 0 aliphatic rings. The molecule has 334 valence electrons. The Hall–Kier alpha value is -1.14. The molecule has 56 heavy (non-hydrogen) atoms. The number of carbonyl (C=O) groups is 2. The van der Waals surface area contributed by atoms with Crippen LogP contribution in [0.4, 0.5) is 0 Å². The summed E-state index contributed by atoms with van der Waals surface area (Å²) < 4.78 is 5.91. The quantitative estimate of drug-likeness (QED) is 0.0421. The van der Waals surface area contributed by atoms with Crippen LogP contribution in [0.5, 0.6) is 0 Å². The summed E-state index contributed by atoms with van der Waals surface area (Å²) >= 11 is 0. The van der Waals surface area contributed by atoms with Crippen LogP contribution in [0.2, 0.25) is 0 Å². The summed E-state index contributed by atoms with van der Waals surface area (Å²) in [4.78, 5) is 26.0. The van der Waals surface area contributed by atoms with Gasteiger partial charge < -0.3 is 20.3 Å². The summed E-state index contributed by atoms with van der Waals surface area (Å²) in [7, 11) is 0. The van der Waals surface area contributed by atoms with Gasteiger partial charge >= 0.3 is 5.97 Å². The van der Waals surface area contributed by atoms with Gasteiger partial charge in [-0.3, -0.25) is 9.59 Å². The monoisotopic (exact) mass is 794 g/mol. The largest absolute Gasteiger partial charge is 0.462 e. The number of esters is 1. The lowest BCUT2D eigenvalue weighted by molar-refractivity contribution is -0.151. The van der Waals surface area contributed by atoms with Gasteiger partial charge in [-0.25, -0.2) is 0 Å². The number of nitrogens with one attached hydrogen (secondary N) is 1. The van der Waals surface area contributed by atoms with Crippen LogP contribution in [0.1, 0.15) is 284 Å². The Labute approximate surface area is 349 Å². The topological polar surface area (TPSA) is 95.9 Å². The maximum atomic E-state index is 13.1. The highest BCUT2D eigenvalue weighted by Gasteiger charge is 2.24. The highest BCUT2D eigenvalue weighted by molar-refractivity contribution is 5.77. The molecule has 3 unspecified atom stereocenters. The molecule has 3 N–H and O–H groups in total. The molecule has 0 aliphatic heterocycles. The van der Waals surface area contributed by atoms with E-state index < -0.39 is 18.2 Å². The van der Waals surface area contributed by atoms with Crippen molar-refractivity contribution in [1.82, 2.24) is 5.32 Å². The zero-order valence-electron chi connectivity index (χ0n) is 38.0. The standard InChI is InChI=1S/C50H99NO5/c1-4-7-10-13-16-19-21-23-24-25-26-27-30-33-36-39-42-48(53)47(45-52)51-49(54)44-46(41-38-35-32-29-18-15-12-9-6-3)56-50(55)43-40-37-34-31-28-22-20-17-14-11-8-5-2/h46-48,52-53H,4-45H2,1-3H3,(H,51,54). The predicted octanol–water partition coefficient (Wildman–Crippen LogP) is 14.8. The van der Waals surface area contributed by atoms with Crippen LogP contribution >= 0.6 is 0 Å². The van der Waals surface area contributed by atoms with Crippen molar-refractivity contribution >= 4 is 11.9 Å². The van der Waals surface area contributed by atoms with E-state index in [2.05, 4.69) is 26.1 Å².